The summed E-state index contributed by atoms with van der Waals surface area (Å²) in [5.41, 5.74) is 0.638. The van der Waals surface area contributed by atoms with Crippen LogP contribution in [0.1, 0.15) is 10.5 Å². The predicted molar refractivity (Wildman–Crippen MR) is 76.7 cm³/mol. The summed E-state index contributed by atoms with van der Waals surface area (Å²) in [5.74, 6) is -0.680. The summed E-state index contributed by atoms with van der Waals surface area (Å²) in [7, 11) is 2.26. The van der Waals surface area contributed by atoms with Crippen molar-refractivity contribution in [2.24, 2.45) is 0 Å². The number of H-pyrrole nitrogens is 1. The van der Waals surface area contributed by atoms with Crippen molar-refractivity contribution in [2.45, 2.75) is 6.04 Å². The van der Waals surface area contributed by atoms with Crippen LogP contribution in [0.25, 0.3) is 10.9 Å². The molecule has 1 atom stereocenters. The molecule has 0 aliphatic carbocycles. The van der Waals surface area contributed by atoms with Crippen LogP contribution in [0, 0.1) is 5.82 Å². The van der Waals surface area contributed by atoms with Gasteiger partial charge in [0.2, 0.25) is 0 Å². The average Bonchev–Trinajstić information content (AvgIpc) is 2.74. The molecule has 19 heavy (non-hydrogen) atoms. The van der Waals surface area contributed by atoms with Crippen LogP contribution in [0.15, 0.2) is 12.1 Å². The Kier molecular flexibility index (Phi) is 3.21. The molecule has 1 amide bonds. The molecule has 7 heteroatoms. The van der Waals surface area contributed by atoms with Crippen LogP contribution in [0.3, 0.4) is 0 Å². The zero-order valence-electron chi connectivity index (χ0n) is 9.89. The van der Waals surface area contributed by atoms with Gasteiger partial charge in [-0.05, 0) is 12.1 Å². The van der Waals surface area contributed by atoms with Gasteiger partial charge in [0.15, 0.2) is 5.82 Å². The Bertz CT molecular complexity index is 669. The van der Waals surface area contributed by atoms with E-state index in [4.69, 9.17) is 11.6 Å². The highest BCUT2D eigenvalue weighted by Gasteiger charge is 2.21. The minimum absolute atomic E-state index is 0.143. The third-order valence-corrected chi connectivity index (χ3v) is 4.27. The molecule has 1 fully saturated rings. The lowest BCUT2D eigenvalue weighted by atomic mass is 10.2. The Morgan fingerprint density at radius 3 is 2.84 bits per heavy atom. The van der Waals surface area contributed by atoms with Gasteiger partial charge in [0.05, 0.1) is 16.6 Å². The standard InChI is InChI=1S/C12H12ClFN3OP/c13-7-1-5-2-8(12(18)16-6-3-15-4-6)17-10(5)9(14)11(7)19/h1-2,6,15,17H,3-4,19H2,(H,16,18). The fourth-order valence-electron chi connectivity index (χ4n) is 2.00. The fraction of sp³-hybridized carbons (Fsp3) is 0.250. The monoisotopic (exact) mass is 299 g/mol. The first-order valence-corrected chi connectivity index (χ1v) is 6.79. The van der Waals surface area contributed by atoms with E-state index in [0.717, 1.165) is 13.1 Å². The lowest BCUT2D eigenvalue weighted by Crippen LogP contribution is -2.56. The van der Waals surface area contributed by atoms with Gasteiger partial charge in [0, 0.05) is 23.8 Å². The number of carbonyl (C=O) groups excluding carboxylic acids is 1. The second-order valence-corrected chi connectivity index (χ2v) is 5.55. The molecule has 0 radical (unpaired) electrons. The quantitative estimate of drug-likeness (QED) is 0.729. The summed E-state index contributed by atoms with van der Waals surface area (Å²) in [6, 6.07) is 3.39. The van der Waals surface area contributed by atoms with E-state index in [2.05, 4.69) is 24.9 Å². The number of aromatic amines is 1. The molecule has 1 aliphatic rings. The summed E-state index contributed by atoms with van der Waals surface area (Å²) in [6.45, 7) is 1.53. The topological polar surface area (TPSA) is 56.9 Å². The summed E-state index contributed by atoms with van der Waals surface area (Å²) in [5, 5.41) is 7.12. The van der Waals surface area contributed by atoms with Crippen molar-refractivity contribution in [2.75, 3.05) is 13.1 Å². The first-order valence-electron chi connectivity index (χ1n) is 5.84. The highest BCUT2D eigenvalue weighted by atomic mass is 35.5. The van der Waals surface area contributed by atoms with Crippen LogP contribution >= 0.6 is 20.8 Å². The van der Waals surface area contributed by atoms with Crippen LogP contribution in [0.2, 0.25) is 5.02 Å². The van der Waals surface area contributed by atoms with Crippen molar-refractivity contribution in [3.8, 4) is 0 Å². The number of benzene rings is 1. The molecule has 1 saturated heterocycles. The number of amides is 1. The molecule has 0 bridgehead atoms. The first kappa shape index (κ1) is 12.9. The molecule has 0 saturated carbocycles. The second kappa shape index (κ2) is 4.75. The van der Waals surface area contributed by atoms with Gasteiger partial charge in [-0.15, -0.1) is 9.24 Å². The zero-order chi connectivity index (χ0) is 13.6. The van der Waals surface area contributed by atoms with Gasteiger partial charge < -0.3 is 15.6 Å². The lowest BCUT2D eigenvalue weighted by molar-refractivity contribution is 0.0919. The van der Waals surface area contributed by atoms with Crippen molar-refractivity contribution in [3.63, 3.8) is 0 Å². The zero-order valence-corrected chi connectivity index (χ0v) is 11.8. The number of carbonyl (C=O) groups is 1. The predicted octanol–water partition coefficient (Wildman–Crippen LogP) is 1.16. The van der Waals surface area contributed by atoms with Crippen LogP contribution in [-0.2, 0) is 0 Å². The lowest BCUT2D eigenvalue weighted by Gasteiger charge is -2.27. The smallest absolute Gasteiger partial charge is 0.268 e. The summed E-state index contributed by atoms with van der Waals surface area (Å²) in [6.07, 6.45) is 0. The van der Waals surface area contributed by atoms with Gasteiger partial charge >= 0.3 is 0 Å². The maximum Gasteiger partial charge on any atom is 0.268 e. The molecule has 3 N–H and O–H groups in total. The van der Waals surface area contributed by atoms with E-state index in [1.54, 1.807) is 12.1 Å². The molecule has 100 valence electrons. The van der Waals surface area contributed by atoms with Gasteiger partial charge in [0.25, 0.3) is 5.91 Å². The Labute approximate surface area is 116 Å². The summed E-state index contributed by atoms with van der Waals surface area (Å²) in [4.78, 5) is 14.8. The van der Waals surface area contributed by atoms with Gasteiger partial charge in [-0.1, -0.05) is 11.6 Å². The SMILES string of the molecule is O=C(NC1CNC1)c1cc2cc(Cl)c(P)c(F)c2[nH]1. The van der Waals surface area contributed by atoms with E-state index in [9.17, 15) is 9.18 Å². The van der Waals surface area contributed by atoms with Gasteiger partial charge in [-0.2, -0.15) is 0 Å². The molecule has 1 aliphatic heterocycles. The molecular weight excluding hydrogens is 288 g/mol. The number of fused-ring (bicyclic) bond motifs is 1. The number of hydrogen-bond acceptors (Lipinski definition) is 2. The normalized spacial score (nSPS) is 15.5. The molecule has 3 rings (SSSR count). The molecule has 1 unspecified atom stereocenters. The fourth-order valence-corrected chi connectivity index (χ4v) is 2.42. The van der Waals surface area contributed by atoms with Crippen molar-refractivity contribution in [3.05, 3.63) is 28.7 Å². The Morgan fingerprint density at radius 1 is 1.47 bits per heavy atom. The number of nitrogens with one attached hydrogen (secondary N) is 3. The minimum atomic E-state index is -0.447. The highest BCUT2D eigenvalue weighted by Crippen LogP contribution is 2.23. The van der Waals surface area contributed by atoms with E-state index in [1.807, 2.05) is 0 Å². The maximum absolute atomic E-state index is 14.0. The number of halogens is 2. The van der Waals surface area contributed by atoms with Gasteiger partial charge in [0.1, 0.15) is 5.69 Å². The van der Waals surface area contributed by atoms with Crippen LogP contribution in [0.5, 0.6) is 0 Å². The van der Waals surface area contributed by atoms with Crippen molar-refractivity contribution < 1.29 is 9.18 Å². The molecule has 2 heterocycles. The van der Waals surface area contributed by atoms with Crippen LogP contribution in [-0.4, -0.2) is 30.0 Å². The van der Waals surface area contributed by atoms with E-state index < -0.39 is 5.82 Å². The van der Waals surface area contributed by atoms with Gasteiger partial charge in [-0.3, -0.25) is 4.79 Å². The minimum Gasteiger partial charge on any atom is -0.348 e. The van der Waals surface area contributed by atoms with Gasteiger partial charge in [-0.25, -0.2) is 4.39 Å². The Hall–Kier alpha value is -1.16. The molecule has 4 nitrogen and oxygen atoms in total. The molecule has 1 aromatic heterocycles. The van der Waals surface area contributed by atoms with Crippen LogP contribution < -0.4 is 15.9 Å². The Morgan fingerprint density at radius 2 is 2.21 bits per heavy atom. The van der Waals surface area contributed by atoms with E-state index >= 15 is 0 Å². The number of hydrogen-bond donors (Lipinski definition) is 3. The highest BCUT2D eigenvalue weighted by molar-refractivity contribution is 7.28. The second-order valence-electron chi connectivity index (χ2n) is 4.56. The summed E-state index contributed by atoms with van der Waals surface area (Å²) < 4.78 is 14.0. The molecule has 1 aromatic carbocycles. The average molecular weight is 300 g/mol. The van der Waals surface area contributed by atoms with E-state index in [0.29, 0.717) is 26.9 Å². The van der Waals surface area contributed by atoms with E-state index in [1.165, 1.54) is 0 Å². The summed E-state index contributed by atoms with van der Waals surface area (Å²) >= 11 is 5.91. The third kappa shape index (κ3) is 2.22. The number of rotatable bonds is 2. The Balaban J connectivity index is 1.96. The van der Waals surface area contributed by atoms with Crippen molar-refractivity contribution in [1.29, 1.82) is 0 Å². The first-order chi connectivity index (χ1) is 9.06. The molecule has 2 aromatic rings. The molecular formula is C12H12ClFN3OP. The van der Waals surface area contributed by atoms with E-state index in [-0.39, 0.29) is 11.9 Å². The van der Waals surface area contributed by atoms with Crippen molar-refractivity contribution >= 4 is 43.0 Å². The van der Waals surface area contributed by atoms with Crippen molar-refractivity contribution in [1.82, 2.24) is 15.6 Å². The van der Waals surface area contributed by atoms with Crippen LogP contribution in [0.4, 0.5) is 4.39 Å². The molecule has 0 spiro atoms. The third-order valence-electron chi connectivity index (χ3n) is 3.20. The largest absolute Gasteiger partial charge is 0.348 e. The maximum atomic E-state index is 14.0. The number of aromatic nitrogens is 1.